The Kier molecular flexibility index (Phi) is 2.76. The van der Waals surface area contributed by atoms with Crippen LogP contribution in [0.3, 0.4) is 0 Å². The fourth-order valence-electron chi connectivity index (χ4n) is 5.35. The molecule has 4 aliphatic rings. The molecule has 0 radical (unpaired) electrons. The van der Waals surface area contributed by atoms with E-state index < -0.39 is 31.7 Å². The van der Waals surface area contributed by atoms with Crippen LogP contribution in [0.5, 0.6) is 0 Å². The highest BCUT2D eigenvalue weighted by molar-refractivity contribution is 7.93. The second kappa shape index (κ2) is 4.13. The predicted octanol–water partition coefficient (Wildman–Crippen LogP) is 1.37. The van der Waals surface area contributed by atoms with E-state index in [1.54, 1.807) is 0 Å². The topological polar surface area (TPSA) is 71.5 Å². The average molecular weight is 325 g/mol. The number of amides is 2. The highest BCUT2D eigenvalue weighted by Gasteiger charge is 2.77. The van der Waals surface area contributed by atoms with Gasteiger partial charge in [0.25, 0.3) is 0 Å². The molecule has 0 aromatic rings. The number of nitrogens with zero attached hydrogens (tertiary/aromatic N) is 1. The minimum atomic E-state index is -3.25. The predicted molar refractivity (Wildman–Crippen MR) is 80.5 cm³/mol. The van der Waals surface area contributed by atoms with Gasteiger partial charge in [-0.1, -0.05) is 27.2 Å². The number of carbonyl (C=O) groups is 2. The quantitative estimate of drug-likeness (QED) is 0.719. The van der Waals surface area contributed by atoms with Gasteiger partial charge in [-0.2, -0.15) is 0 Å². The van der Waals surface area contributed by atoms with Crippen molar-refractivity contribution in [2.75, 3.05) is 0 Å². The molecule has 3 saturated heterocycles. The third-order valence-corrected chi connectivity index (χ3v) is 9.58. The largest absolute Gasteiger partial charge is 0.277 e. The van der Waals surface area contributed by atoms with Crippen LogP contribution in [0.4, 0.5) is 0 Å². The number of hydrogen-bond acceptors (Lipinski definition) is 4. The smallest absolute Gasteiger partial charge is 0.236 e. The molecule has 6 heteroatoms. The van der Waals surface area contributed by atoms with Crippen LogP contribution in [-0.4, -0.2) is 41.7 Å². The molecule has 5 nitrogen and oxygen atoms in total. The lowest BCUT2D eigenvalue weighted by Crippen LogP contribution is -2.70. The zero-order chi connectivity index (χ0) is 16.0. The second-order valence-electron chi connectivity index (χ2n) is 8.04. The normalized spacial score (nSPS) is 44.7. The summed E-state index contributed by atoms with van der Waals surface area (Å²) in [6.07, 6.45) is 3.55. The van der Waals surface area contributed by atoms with E-state index in [0.717, 1.165) is 19.3 Å². The van der Waals surface area contributed by atoms with E-state index in [4.69, 9.17) is 0 Å². The van der Waals surface area contributed by atoms with Gasteiger partial charge in [-0.25, -0.2) is 8.42 Å². The number of β-lactam (4-membered cyclic amide) rings is 1. The number of likely N-dealkylation sites (tertiary alicyclic amines) is 1. The molecule has 6 atom stereocenters. The van der Waals surface area contributed by atoms with Gasteiger partial charge >= 0.3 is 0 Å². The maximum absolute atomic E-state index is 12.8. The maximum atomic E-state index is 12.8. The third-order valence-electron chi connectivity index (χ3n) is 6.79. The number of hydrogen-bond donors (Lipinski definition) is 0. The summed E-state index contributed by atoms with van der Waals surface area (Å²) in [6.45, 7) is 5.58. The highest BCUT2D eigenvalue weighted by atomic mass is 32.2. The van der Waals surface area contributed by atoms with Gasteiger partial charge in [0.15, 0.2) is 9.84 Å². The first-order valence-electron chi connectivity index (χ1n) is 8.33. The average Bonchev–Trinajstić information content (AvgIpc) is 3.04. The lowest BCUT2D eigenvalue weighted by Gasteiger charge is -2.51. The fourth-order valence-corrected chi connectivity index (χ4v) is 8.73. The number of sulfone groups is 1. The first kappa shape index (κ1) is 14.7. The summed E-state index contributed by atoms with van der Waals surface area (Å²) in [6, 6.07) is -0.375. The minimum absolute atomic E-state index is 0.164. The summed E-state index contributed by atoms with van der Waals surface area (Å²) in [4.78, 5) is 26.6. The van der Waals surface area contributed by atoms with E-state index >= 15 is 0 Å². The Hall–Kier alpha value is -0.910. The Bertz CT molecular complexity index is 668. The van der Waals surface area contributed by atoms with E-state index in [-0.39, 0.29) is 29.7 Å². The number of fused-ring (bicyclic) bond motifs is 8. The highest BCUT2D eigenvalue weighted by Crippen LogP contribution is 2.62. The molecule has 6 unspecified atom stereocenters. The van der Waals surface area contributed by atoms with Crippen molar-refractivity contribution in [3.05, 3.63) is 0 Å². The van der Waals surface area contributed by atoms with E-state index in [2.05, 4.69) is 0 Å². The maximum Gasteiger partial charge on any atom is 0.236 e. The summed E-state index contributed by atoms with van der Waals surface area (Å²) in [5, 5.41) is -0.986. The van der Waals surface area contributed by atoms with Gasteiger partial charge in [-0.15, -0.1) is 0 Å². The van der Waals surface area contributed by atoms with Crippen molar-refractivity contribution in [2.45, 2.75) is 63.0 Å². The first-order chi connectivity index (χ1) is 10.2. The molecule has 0 spiro atoms. The molecule has 4 fully saturated rings. The van der Waals surface area contributed by atoms with E-state index in [1.165, 1.54) is 4.90 Å². The summed E-state index contributed by atoms with van der Waals surface area (Å²) < 4.78 is 25.5. The van der Waals surface area contributed by atoms with Crippen LogP contribution < -0.4 is 0 Å². The van der Waals surface area contributed by atoms with E-state index in [1.807, 2.05) is 20.8 Å². The van der Waals surface area contributed by atoms with Crippen molar-refractivity contribution in [1.82, 2.24) is 4.90 Å². The van der Waals surface area contributed by atoms with Crippen LogP contribution in [0.25, 0.3) is 0 Å². The molecule has 4 rings (SSSR count). The SMILES string of the molecule is CCC(C)(C)C(=O)N1C(=O)C2C1C1C3CCCC3C2S1(=O)=O. The molecular formula is C16H23NO4S. The lowest BCUT2D eigenvalue weighted by molar-refractivity contribution is -0.173. The van der Waals surface area contributed by atoms with Crippen molar-refractivity contribution >= 4 is 21.7 Å². The van der Waals surface area contributed by atoms with Crippen molar-refractivity contribution in [2.24, 2.45) is 23.2 Å². The summed E-state index contributed by atoms with van der Waals surface area (Å²) >= 11 is 0. The molecule has 122 valence electrons. The zero-order valence-corrected chi connectivity index (χ0v) is 14.1. The summed E-state index contributed by atoms with van der Waals surface area (Å²) in [5.74, 6) is -0.538. The Labute approximate surface area is 131 Å². The monoisotopic (exact) mass is 325 g/mol. The van der Waals surface area contributed by atoms with E-state index in [0.29, 0.717) is 6.42 Å². The molecule has 2 bridgehead atoms. The van der Waals surface area contributed by atoms with Crippen molar-refractivity contribution < 1.29 is 18.0 Å². The standard InChI is InChI=1S/C16H23NO4S/c1-4-16(2,3)15(19)17-11-10(14(17)18)12-8-6-5-7-9(8)13(11)22(12,20)21/h8-13H,4-7H2,1-3H3. The molecular weight excluding hydrogens is 302 g/mol. The second-order valence-corrected chi connectivity index (χ2v) is 10.3. The van der Waals surface area contributed by atoms with Crippen LogP contribution in [-0.2, 0) is 19.4 Å². The van der Waals surface area contributed by atoms with Crippen LogP contribution in [0.15, 0.2) is 0 Å². The molecule has 1 saturated carbocycles. The lowest BCUT2D eigenvalue weighted by atomic mass is 9.66. The number of imide groups is 1. The Morgan fingerprint density at radius 3 is 2.41 bits per heavy atom. The molecule has 22 heavy (non-hydrogen) atoms. The third kappa shape index (κ3) is 1.43. The molecule has 3 aliphatic heterocycles. The van der Waals surface area contributed by atoms with Crippen LogP contribution in [0, 0.1) is 23.2 Å². The van der Waals surface area contributed by atoms with Crippen molar-refractivity contribution in [3.63, 3.8) is 0 Å². The first-order valence-corrected chi connectivity index (χ1v) is 9.94. The summed E-state index contributed by atoms with van der Waals surface area (Å²) in [7, 11) is -3.25. The number of rotatable bonds is 2. The zero-order valence-electron chi connectivity index (χ0n) is 13.3. The molecule has 0 N–H and O–H groups in total. The molecule has 3 heterocycles. The fraction of sp³-hybridized carbons (Fsp3) is 0.875. The van der Waals surface area contributed by atoms with Crippen LogP contribution in [0.1, 0.15) is 46.5 Å². The van der Waals surface area contributed by atoms with Gasteiger partial charge in [0.2, 0.25) is 11.8 Å². The van der Waals surface area contributed by atoms with Gasteiger partial charge in [0.05, 0.1) is 22.5 Å². The van der Waals surface area contributed by atoms with E-state index in [9.17, 15) is 18.0 Å². The summed E-state index contributed by atoms with van der Waals surface area (Å²) in [5.41, 5.74) is -0.610. The van der Waals surface area contributed by atoms with Gasteiger partial charge in [0.1, 0.15) is 0 Å². The Morgan fingerprint density at radius 1 is 1.23 bits per heavy atom. The number of carbonyl (C=O) groups excluding carboxylic acids is 2. The van der Waals surface area contributed by atoms with Gasteiger partial charge in [-0.3, -0.25) is 14.5 Å². The van der Waals surface area contributed by atoms with Crippen molar-refractivity contribution in [1.29, 1.82) is 0 Å². The Balaban J connectivity index is 1.73. The molecule has 1 aliphatic carbocycles. The van der Waals surface area contributed by atoms with Gasteiger partial charge in [0, 0.05) is 5.41 Å². The van der Waals surface area contributed by atoms with Gasteiger partial charge < -0.3 is 0 Å². The molecule has 2 amide bonds. The Morgan fingerprint density at radius 2 is 1.82 bits per heavy atom. The van der Waals surface area contributed by atoms with Crippen LogP contribution >= 0.6 is 0 Å². The van der Waals surface area contributed by atoms with Crippen molar-refractivity contribution in [3.8, 4) is 0 Å². The van der Waals surface area contributed by atoms with Crippen LogP contribution in [0.2, 0.25) is 0 Å². The minimum Gasteiger partial charge on any atom is -0.277 e. The molecule has 0 aromatic carbocycles. The molecule has 0 aromatic heterocycles. The van der Waals surface area contributed by atoms with Gasteiger partial charge in [-0.05, 0) is 31.1 Å².